The van der Waals surface area contributed by atoms with Crippen LogP contribution in [0.15, 0.2) is 27.8 Å². The summed E-state index contributed by atoms with van der Waals surface area (Å²) in [5.74, 6) is 1.25. The molecule has 0 bridgehead atoms. The second kappa shape index (κ2) is 9.07. The molecule has 1 aromatic carbocycles. The lowest BCUT2D eigenvalue weighted by atomic mass is 10.1. The van der Waals surface area contributed by atoms with E-state index < -0.39 is 6.10 Å². The van der Waals surface area contributed by atoms with Gasteiger partial charge >= 0.3 is 5.69 Å². The van der Waals surface area contributed by atoms with Gasteiger partial charge in [0.2, 0.25) is 0 Å². The van der Waals surface area contributed by atoms with Gasteiger partial charge in [-0.15, -0.1) is 0 Å². The van der Waals surface area contributed by atoms with Gasteiger partial charge in [0.1, 0.15) is 0 Å². The number of aliphatic hydroxyl groups is 1. The SMILES string of the molecule is COc1ccc(CN(Cc2c(C)n(C)c(=O)n(C)c2=O)C[C@H](C)O)cc1OC. The Morgan fingerprint density at radius 3 is 2.29 bits per heavy atom. The molecule has 8 nitrogen and oxygen atoms in total. The second-order valence-corrected chi connectivity index (χ2v) is 6.98. The van der Waals surface area contributed by atoms with E-state index in [0.29, 0.717) is 42.4 Å². The molecule has 0 unspecified atom stereocenters. The highest BCUT2D eigenvalue weighted by molar-refractivity contribution is 5.42. The summed E-state index contributed by atoms with van der Waals surface area (Å²) in [6.07, 6.45) is -0.572. The molecule has 1 atom stereocenters. The molecular formula is C20H29N3O5. The number of methoxy groups -OCH3 is 2. The third-order valence-corrected chi connectivity index (χ3v) is 4.83. The maximum Gasteiger partial charge on any atom is 0.330 e. The maximum atomic E-state index is 12.6. The zero-order chi connectivity index (χ0) is 21.0. The van der Waals surface area contributed by atoms with Crippen LogP contribution in [0.3, 0.4) is 0 Å². The Kier molecular flexibility index (Phi) is 7.04. The van der Waals surface area contributed by atoms with Crippen molar-refractivity contribution in [2.24, 2.45) is 14.1 Å². The molecule has 0 saturated heterocycles. The van der Waals surface area contributed by atoms with Gasteiger partial charge in [-0.2, -0.15) is 0 Å². The summed E-state index contributed by atoms with van der Waals surface area (Å²) in [5, 5.41) is 9.93. The molecule has 0 fully saturated rings. The minimum atomic E-state index is -0.572. The third-order valence-electron chi connectivity index (χ3n) is 4.83. The van der Waals surface area contributed by atoms with E-state index in [0.717, 1.165) is 10.1 Å². The Morgan fingerprint density at radius 1 is 1.07 bits per heavy atom. The highest BCUT2D eigenvalue weighted by Crippen LogP contribution is 2.28. The smallest absolute Gasteiger partial charge is 0.330 e. The minimum Gasteiger partial charge on any atom is -0.493 e. The van der Waals surface area contributed by atoms with Crippen LogP contribution in [0.4, 0.5) is 0 Å². The van der Waals surface area contributed by atoms with Crippen molar-refractivity contribution in [2.75, 3.05) is 20.8 Å². The van der Waals surface area contributed by atoms with Crippen LogP contribution >= 0.6 is 0 Å². The standard InChI is InChI=1S/C20H29N3O5/c1-13(24)10-23(11-15-7-8-17(27-5)18(9-15)28-6)12-16-14(2)21(3)20(26)22(4)19(16)25/h7-9,13,24H,10-12H2,1-6H3/t13-/m0/s1. The van der Waals surface area contributed by atoms with Gasteiger partial charge in [-0.1, -0.05) is 6.07 Å². The van der Waals surface area contributed by atoms with Crippen LogP contribution in [0, 0.1) is 6.92 Å². The average molecular weight is 391 g/mol. The Hall–Kier alpha value is -2.58. The van der Waals surface area contributed by atoms with Gasteiger partial charge in [-0.05, 0) is 31.5 Å². The highest BCUT2D eigenvalue weighted by Gasteiger charge is 2.18. The summed E-state index contributed by atoms with van der Waals surface area (Å²) in [4.78, 5) is 26.7. The van der Waals surface area contributed by atoms with Crippen molar-refractivity contribution in [3.05, 3.63) is 55.9 Å². The fourth-order valence-corrected chi connectivity index (χ4v) is 3.22. The Balaban J connectivity index is 2.39. The van der Waals surface area contributed by atoms with Crippen LogP contribution in [0.1, 0.15) is 23.7 Å². The molecule has 0 aliphatic heterocycles. The molecule has 0 amide bonds. The lowest BCUT2D eigenvalue weighted by Crippen LogP contribution is -2.42. The van der Waals surface area contributed by atoms with Gasteiger partial charge in [-0.3, -0.25) is 14.3 Å². The monoisotopic (exact) mass is 391 g/mol. The number of benzene rings is 1. The van der Waals surface area contributed by atoms with Gasteiger partial charge in [0, 0.05) is 39.4 Å². The first-order valence-electron chi connectivity index (χ1n) is 9.06. The van der Waals surface area contributed by atoms with Crippen LogP contribution in [0.25, 0.3) is 0 Å². The predicted octanol–water partition coefficient (Wildman–Crippen LogP) is 0.793. The molecule has 0 aliphatic carbocycles. The van der Waals surface area contributed by atoms with Crippen molar-refractivity contribution >= 4 is 0 Å². The van der Waals surface area contributed by atoms with E-state index >= 15 is 0 Å². The molecule has 8 heteroatoms. The number of ether oxygens (including phenoxy) is 2. The van der Waals surface area contributed by atoms with Gasteiger partial charge in [-0.25, -0.2) is 4.79 Å². The zero-order valence-electron chi connectivity index (χ0n) is 17.4. The Labute approximate surface area is 164 Å². The molecule has 1 aromatic heterocycles. The van der Waals surface area contributed by atoms with Crippen LogP contribution in [-0.4, -0.2) is 46.0 Å². The number of aliphatic hydroxyl groups excluding tert-OH is 1. The van der Waals surface area contributed by atoms with Gasteiger partial charge in [0.05, 0.1) is 25.9 Å². The Morgan fingerprint density at radius 2 is 1.71 bits per heavy atom. The van der Waals surface area contributed by atoms with Crippen molar-refractivity contribution in [3.63, 3.8) is 0 Å². The molecular weight excluding hydrogens is 362 g/mol. The Bertz CT molecular complexity index is 946. The van der Waals surface area contributed by atoms with Crippen molar-refractivity contribution in [3.8, 4) is 11.5 Å². The molecule has 154 valence electrons. The van der Waals surface area contributed by atoms with Crippen LogP contribution < -0.4 is 20.7 Å². The van der Waals surface area contributed by atoms with Crippen LogP contribution in [0.5, 0.6) is 11.5 Å². The minimum absolute atomic E-state index is 0.311. The van der Waals surface area contributed by atoms with E-state index in [-0.39, 0.29) is 11.2 Å². The molecule has 1 heterocycles. The summed E-state index contributed by atoms with van der Waals surface area (Å²) < 4.78 is 13.2. The lowest BCUT2D eigenvalue weighted by molar-refractivity contribution is 0.117. The van der Waals surface area contributed by atoms with E-state index in [1.807, 2.05) is 23.1 Å². The van der Waals surface area contributed by atoms with E-state index in [1.54, 1.807) is 35.1 Å². The molecule has 2 aromatic rings. The lowest BCUT2D eigenvalue weighted by Gasteiger charge is -2.25. The van der Waals surface area contributed by atoms with Crippen LogP contribution in [0.2, 0.25) is 0 Å². The first kappa shape index (κ1) is 21.7. The molecule has 0 radical (unpaired) electrons. The van der Waals surface area contributed by atoms with E-state index in [1.165, 1.54) is 11.6 Å². The summed E-state index contributed by atoms with van der Waals surface area (Å²) in [6, 6.07) is 5.62. The number of nitrogens with zero attached hydrogens (tertiary/aromatic N) is 3. The van der Waals surface area contributed by atoms with Gasteiger partial charge < -0.3 is 19.1 Å². The highest BCUT2D eigenvalue weighted by atomic mass is 16.5. The molecule has 0 saturated carbocycles. The molecule has 0 aliphatic rings. The number of aromatic nitrogens is 2. The second-order valence-electron chi connectivity index (χ2n) is 6.98. The maximum absolute atomic E-state index is 12.6. The zero-order valence-corrected chi connectivity index (χ0v) is 17.4. The van der Waals surface area contributed by atoms with Crippen molar-refractivity contribution in [1.82, 2.24) is 14.0 Å². The van der Waals surface area contributed by atoms with E-state index in [9.17, 15) is 14.7 Å². The summed E-state index contributed by atoms with van der Waals surface area (Å²) in [5.41, 5.74) is 1.44. The quantitative estimate of drug-likeness (QED) is 0.716. The molecule has 0 spiro atoms. The number of rotatable bonds is 8. The fraction of sp³-hybridized carbons (Fsp3) is 0.500. The van der Waals surface area contributed by atoms with E-state index in [4.69, 9.17) is 9.47 Å². The van der Waals surface area contributed by atoms with Crippen molar-refractivity contribution in [2.45, 2.75) is 33.0 Å². The van der Waals surface area contributed by atoms with Gasteiger partial charge in [0.15, 0.2) is 11.5 Å². The molecule has 1 N–H and O–H groups in total. The first-order valence-corrected chi connectivity index (χ1v) is 9.06. The van der Waals surface area contributed by atoms with Crippen LogP contribution in [-0.2, 0) is 27.2 Å². The van der Waals surface area contributed by atoms with E-state index in [2.05, 4.69) is 0 Å². The third kappa shape index (κ3) is 4.63. The normalized spacial score (nSPS) is 12.3. The number of hydrogen-bond acceptors (Lipinski definition) is 6. The molecule has 28 heavy (non-hydrogen) atoms. The predicted molar refractivity (Wildman–Crippen MR) is 107 cm³/mol. The summed E-state index contributed by atoms with van der Waals surface area (Å²) in [6.45, 7) is 4.64. The number of hydrogen-bond donors (Lipinski definition) is 1. The topological polar surface area (TPSA) is 85.9 Å². The first-order chi connectivity index (χ1) is 13.2. The van der Waals surface area contributed by atoms with Gasteiger partial charge in [0.25, 0.3) is 5.56 Å². The fourth-order valence-electron chi connectivity index (χ4n) is 3.22. The largest absolute Gasteiger partial charge is 0.493 e. The van der Waals surface area contributed by atoms with Crippen molar-refractivity contribution < 1.29 is 14.6 Å². The summed E-state index contributed by atoms with van der Waals surface area (Å²) in [7, 11) is 6.27. The molecule has 2 rings (SSSR count). The summed E-state index contributed by atoms with van der Waals surface area (Å²) >= 11 is 0. The van der Waals surface area contributed by atoms with Crippen molar-refractivity contribution in [1.29, 1.82) is 0 Å². The average Bonchev–Trinajstić information content (AvgIpc) is 2.67.